The highest BCUT2D eigenvalue weighted by molar-refractivity contribution is 5.82. The molecule has 152 valence electrons. The van der Waals surface area contributed by atoms with Crippen molar-refractivity contribution in [3.05, 3.63) is 60.4 Å². The number of amides is 3. The molecule has 8 heteroatoms. The molecule has 3 amide bonds. The second-order valence-corrected chi connectivity index (χ2v) is 6.39. The van der Waals surface area contributed by atoms with E-state index in [2.05, 4.69) is 10.9 Å². The molecule has 2 N–H and O–H groups in total. The minimum Gasteiger partial charge on any atom is -0.493 e. The summed E-state index contributed by atoms with van der Waals surface area (Å²) in [5.41, 5.74) is 5.45. The number of carbonyl (C=O) groups excluding carboxylic acids is 2. The van der Waals surface area contributed by atoms with Crippen LogP contribution in [0.25, 0.3) is 11.0 Å². The van der Waals surface area contributed by atoms with Crippen LogP contribution in [0.2, 0.25) is 0 Å². The number of carbonyl (C=O) groups is 2. The molecule has 0 saturated heterocycles. The molecule has 0 radical (unpaired) electrons. The van der Waals surface area contributed by atoms with Crippen LogP contribution in [-0.2, 0) is 4.79 Å². The van der Waals surface area contributed by atoms with Crippen LogP contribution in [0.3, 0.4) is 0 Å². The molecule has 0 aliphatic carbocycles. The van der Waals surface area contributed by atoms with Gasteiger partial charge in [-0.2, -0.15) is 0 Å². The van der Waals surface area contributed by atoms with Crippen molar-refractivity contribution < 1.29 is 23.5 Å². The largest absolute Gasteiger partial charge is 0.493 e. The number of fused-ring (bicyclic) bond motifs is 1. The summed E-state index contributed by atoms with van der Waals surface area (Å²) in [6.07, 6.45) is 0. The lowest BCUT2D eigenvalue weighted by Crippen LogP contribution is -2.49. The van der Waals surface area contributed by atoms with E-state index in [9.17, 15) is 9.59 Å². The van der Waals surface area contributed by atoms with E-state index < -0.39 is 11.9 Å². The van der Waals surface area contributed by atoms with E-state index in [-0.39, 0.29) is 12.6 Å². The van der Waals surface area contributed by atoms with Crippen LogP contribution >= 0.6 is 0 Å². The van der Waals surface area contributed by atoms with Gasteiger partial charge in [-0.1, -0.05) is 30.3 Å². The first-order valence-corrected chi connectivity index (χ1v) is 9.05. The molecule has 0 fully saturated rings. The topological polar surface area (TPSA) is 93.0 Å². The number of para-hydroxylation sites is 3. The van der Waals surface area contributed by atoms with E-state index in [4.69, 9.17) is 13.9 Å². The van der Waals surface area contributed by atoms with Gasteiger partial charge >= 0.3 is 6.03 Å². The zero-order chi connectivity index (χ0) is 20.8. The number of hydrazine groups is 1. The maximum absolute atomic E-state index is 12.3. The fraction of sp³-hybridized carbons (Fsp3) is 0.238. The van der Waals surface area contributed by atoms with Crippen LogP contribution < -0.4 is 20.3 Å². The van der Waals surface area contributed by atoms with Crippen molar-refractivity contribution in [2.75, 3.05) is 20.8 Å². The van der Waals surface area contributed by atoms with Crippen molar-refractivity contribution in [1.29, 1.82) is 0 Å². The van der Waals surface area contributed by atoms with E-state index in [0.717, 1.165) is 11.0 Å². The van der Waals surface area contributed by atoms with Crippen molar-refractivity contribution in [2.24, 2.45) is 0 Å². The van der Waals surface area contributed by atoms with Gasteiger partial charge in [0.1, 0.15) is 11.3 Å². The van der Waals surface area contributed by atoms with Gasteiger partial charge in [0.05, 0.1) is 13.2 Å². The molecule has 1 atom stereocenters. The second-order valence-electron chi connectivity index (χ2n) is 6.39. The fourth-order valence-corrected chi connectivity index (χ4v) is 2.70. The Labute approximate surface area is 168 Å². The number of hydrogen-bond donors (Lipinski definition) is 2. The highest BCUT2D eigenvalue weighted by atomic mass is 16.5. The third-order valence-electron chi connectivity index (χ3n) is 4.49. The Balaban J connectivity index is 1.50. The van der Waals surface area contributed by atoms with Crippen LogP contribution in [0.4, 0.5) is 4.79 Å². The smallest absolute Gasteiger partial charge is 0.336 e. The first-order chi connectivity index (χ1) is 14.0. The molecular weight excluding hydrogens is 374 g/mol. The number of nitrogens with zero attached hydrogens (tertiary/aromatic N) is 1. The predicted molar refractivity (Wildman–Crippen MR) is 108 cm³/mol. The standard InChI is InChI=1S/C21H23N3O5/c1-14(19-12-15-8-4-5-9-16(15)29-19)24(2)21(26)23-22-20(25)13-28-18-11-7-6-10-17(18)27-3/h4-12,14H,13H2,1-3H3,(H,22,25)(H,23,26)/t14-/m0/s1. The van der Waals surface area contributed by atoms with E-state index in [1.165, 1.54) is 12.0 Å². The molecule has 3 rings (SSSR count). The third kappa shape index (κ3) is 4.78. The van der Waals surface area contributed by atoms with Crippen molar-refractivity contribution in [2.45, 2.75) is 13.0 Å². The van der Waals surface area contributed by atoms with Gasteiger partial charge in [0, 0.05) is 12.4 Å². The van der Waals surface area contributed by atoms with Gasteiger partial charge in [0.2, 0.25) is 0 Å². The van der Waals surface area contributed by atoms with Crippen molar-refractivity contribution in [3.8, 4) is 11.5 Å². The quantitative estimate of drug-likeness (QED) is 0.623. The van der Waals surface area contributed by atoms with Gasteiger partial charge in [0.25, 0.3) is 5.91 Å². The average Bonchev–Trinajstić information content (AvgIpc) is 3.19. The van der Waals surface area contributed by atoms with Gasteiger partial charge in [-0.25, -0.2) is 10.2 Å². The van der Waals surface area contributed by atoms with E-state index in [1.54, 1.807) is 31.3 Å². The van der Waals surface area contributed by atoms with Crippen molar-refractivity contribution in [3.63, 3.8) is 0 Å². The number of rotatable bonds is 6. The molecule has 0 spiro atoms. The van der Waals surface area contributed by atoms with Crippen molar-refractivity contribution >= 4 is 22.9 Å². The third-order valence-corrected chi connectivity index (χ3v) is 4.49. The Morgan fingerprint density at radius 1 is 1.07 bits per heavy atom. The summed E-state index contributed by atoms with van der Waals surface area (Å²) in [7, 11) is 3.13. The van der Waals surface area contributed by atoms with Crippen LogP contribution in [-0.4, -0.2) is 37.6 Å². The second kappa shape index (κ2) is 9.01. The summed E-state index contributed by atoms with van der Waals surface area (Å²) in [6.45, 7) is 1.56. The lowest BCUT2D eigenvalue weighted by Gasteiger charge is -2.23. The Morgan fingerprint density at radius 3 is 2.48 bits per heavy atom. The number of hydrogen-bond acceptors (Lipinski definition) is 5. The summed E-state index contributed by atoms with van der Waals surface area (Å²) >= 11 is 0. The predicted octanol–water partition coefficient (Wildman–Crippen LogP) is 3.25. The van der Waals surface area contributed by atoms with Crippen LogP contribution in [0.1, 0.15) is 18.7 Å². The van der Waals surface area contributed by atoms with Crippen molar-refractivity contribution in [1.82, 2.24) is 15.8 Å². The first-order valence-electron chi connectivity index (χ1n) is 9.05. The zero-order valence-corrected chi connectivity index (χ0v) is 16.5. The number of ether oxygens (including phenoxy) is 2. The molecule has 2 aromatic carbocycles. The molecular formula is C21H23N3O5. The van der Waals surface area contributed by atoms with E-state index in [1.807, 2.05) is 37.3 Å². The highest BCUT2D eigenvalue weighted by Gasteiger charge is 2.21. The molecule has 0 aliphatic heterocycles. The molecule has 0 unspecified atom stereocenters. The summed E-state index contributed by atoms with van der Waals surface area (Å²) in [5, 5.41) is 0.963. The number of urea groups is 1. The normalized spacial score (nSPS) is 11.6. The van der Waals surface area contributed by atoms with E-state index >= 15 is 0 Å². The van der Waals surface area contributed by atoms with Gasteiger partial charge in [-0.3, -0.25) is 10.2 Å². The molecule has 1 aromatic heterocycles. The molecule has 29 heavy (non-hydrogen) atoms. The maximum Gasteiger partial charge on any atom is 0.336 e. The van der Waals surface area contributed by atoms with Crippen LogP contribution in [0, 0.1) is 0 Å². The molecule has 8 nitrogen and oxygen atoms in total. The number of nitrogens with one attached hydrogen (secondary N) is 2. The van der Waals surface area contributed by atoms with Gasteiger partial charge in [0.15, 0.2) is 18.1 Å². The molecule has 0 saturated carbocycles. The average molecular weight is 397 g/mol. The number of benzene rings is 2. The fourth-order valence-electron chi connectivity index (χ4n) is 2.70. The van der Waals surface area contributed by atoms with Crippen LogP contribution in [0.15, 0.2) is 59.0 Å². The molecule has 1 heterocycles. The molecule has 0 bridgehead atoms. The minimum absolute atomic E-state index is 0.274. The summed E-state index contributed by atoms with van der Waals surface area (Å²) in [5.74, 6) is 1.10. The number of furan rings is 1. The Hall–Kier alpha value is -3.68. The monoisotopic (exact) mass is 397 g/mol. The lowest BCUT2D eigenvalue weighted by molar-refractivity contribution is -0.123. The van der Waals surface area contributed by atoms with Gasteiger partial charge in [-0.15, -0.1) is 0 Å². The van der Waals surface area contributed by atoms with Gasteiger partial charge in [-0.05, 0) is 31.2 Å². The lowest BCUT2D eigenvalue weighted by atomic mass is 10.2. The zero-order valence-electron chi connectivity index (χ0n) is 16.5. The summed E-state index contributed by atoms with van der Waals surface area (Å²) < 4.78 is 16.4. The molecule has 3 aromatic rings. The Kier molecular flexibility index (Phi) is 6.23. The number of methoxy groups -OCH3 is 1. The SMILES string of the molecule is COc1ccccc1OCC(=O)NNC(=O)N(C)[C@@H](C)c1cc2ccccc2o1. The summed E-state index contributed by atoms with van der Waals surface area (Å²) in [6, 6.07) is 15.7. The van der Waals surface area contributed by atoms with Gasteiger partial charge < -0.3 is 18.8 Å². The van der Waals surface area contributed by atoms with E-state index in [0.29, 0.717) is 17.3 Å². The highest BCUT2D eigenvalue weighted by Crippen LogP contribution is 2.27. The summed E-state index contributed by atoms with van der Waals surface area (Å²) in [4.78, 5) is 25.8. The maximum atomic E-state index is 12.3. The Morgan fingerprint density at radius 2 is 1.76 bits per heavy atom. The minimum atomic E-state index is -0.506. The van der Waals surface area contributed by atoms with Crippen LogP contribution in [0.5, 0.6) is 11.5 Å². The Bertz CT molecular complexity index is 968. The molecule has 0 aliphatic rings. The first kappa shape index (κ1) is 20.1.